The summed E-state index contributed by atoms with van der Waals surface area (Å²) in [5, 5.41) is 10.0. The highest BCUT2D eigenvalue weighted by Gasteiger charge is 2.11. The van der Waals surface area contributed by atoms with Crippen molar-refractivity contribution in [3.63, 3.8) is 0 Å². The largest absolute Gasteiger partial charge is 0.391 e. The Bertz CT molecular complexity index is 467. The van der Waals surface area contributed by atoms with Crippen molar-refractivity contribution in [1.82, 2.24) is 4.98 Å². The number of aryl methyl sites for hydroxylation is 1. The molecular formula is C12H14N2OS. The average molecular weight is 234 g/mol. The minimum Gasteiger partial charge on any atom is -0.391 e. The summed E-state index contributed by atoms with van der Waals surface area (Å²) in [4.78, 5) is 7.40. The standard InChI is InChI=1S/C12H14N2OS/c1-9-11(8-15)16-12(13-9)14(2)10-6-4-3-5-7-10/h3-7,15H,8H2,1-2H3. The molecule has 2 aromatic rings. The van der Waals surface area contributed by atoms with E-state index in [1.807, 2.05) is 49.2 Å². The Kier molecular flexibility index (Phi) is 3.22. The van der Waals surface area contributed by atoms with E-state index in [0.717, 1.165) is 21.4 Å². The van der Waals surface area contributed by atoms with E-state index in [-0.39, 0.29) is 6.61 Å². The van der Waals surface area contributed by atoms with E-state index in [4.69, 9.17) is 5.11 Å². The Labute approximate surface area is 99.0 Å². The molecular weight excluding hydrogens is 220 g/mol. The van der Waals surface area contributed by atoms with Crippen LogP contribution in [-0.2, 0) is 6.61 Å². The monoisotopic (exact) mass is 234 g/mol. The molecule has 16 heavy (non-hydrogen) atoms. The Morgan fingerprint density at radius 2 is 2.00 bits per heavy atom. The Hall–Kier alpha value is -1.39. The zero-order valence-corrected chi connectivity index (χ0v) is 10.2. The van der Waals surface area contributed by atoms with Gasteiger partial charge in [0.25, 0.3) is 0 Å². The fraction of sp³-hybridized carbons (Fsp3) is 0.250. The van der Waals surface area contributed by atoms with Crippen molar-refractivity contribution in [3.8, 4) is 0 Å². The van der Waals surface area contributed by atoms with Crippen LogP contribution in [0.1, 0.15) is 10.6 Å². The SMILES string of the molecule is Cc1nc(N(C)c2ccccc2)sc1CO. The third-order valence-electron chi connectivity index (χ3n) is 2.46. The normalized spacial score (nSPS) is 10.4. The summed E-state index contributed by atoms with van der Waals surface area (Å²) in [5.41, 5.74) is 2.01. The first-order chi connectivity index (χ1) is 7.72. The van der Waals surface area contributed by atoms with Gasteiger partial charge in [-0.05, 0) is 19.1 Å². The Morgan fingerprint density at radius 1 is 1.31 bits per heavy atom. The van der Waals surface area contributed by atoms with Crippen molar-refractivity contribution < 1.29 is 5.11 Å². The second-order valence-electron chi connectivity index (χ2n) is 3.56. The average Bonchev–Trinajstić information content (AvgIpc) is 2.71. The molecule has 1 N–H and O–H groups in total. The number of nitrogens with zero attached hydrogens (tertiary/aromatic N) is 2. The third kappa shape index (κ3) is 2.08. The molecule has 0 unspecified atom stereocenters. The maximum absolute atomic E-state index is 9.14. The highest BCUT2D eigenvalue weighted by atomic mass is 32.1. The minimum absolute atomic E-state index is 0.0616. The number of anilines is 2. The number of para-hydroxylation sites is 1. The molecule has 1 aromatic carbocycles. The highest BCUT2D eigenvalue weighted by Crippen LogP contribution is 2.29. The van der Waals surface area contributed by atoms with Gasteiger partial charge in [-0.25, -0.2) is 4.98 Å². The van der Waals surface area contributed by atoms with E-state index < -0.39 is 0 Å². The van der Waals surface area contributed by atoms with E-state index in [1.54, 1.807) is 0 Å². The van der Waals surface area contributed by atoms with Crippen LogP contribution in [0.4, 0.5) is 10.8 Å². The molecule has 0 saturated heterocycles. The first kappa shape index (κ1) is 11.1. The molecule has 0 aliphatic heterocycles. The second-order valence-corrected chi connectivity index (χ2v) is 4.62. The van der Waals surface area contributed by atoms with Gasteiger partial charge in [-0.2, -0.15) is 0 Å². The zero-order valence-electron chi connectivity index (χ0n) is 9.34. The summed E-state index contributed by atoms with van der Waals surface area (Å²) in [5.74, 6) is 0. The summed E-state index contributed by atoms with van der Waals surface area (Å²) < 4.78 is 0. The molecule has 1 heterocycles. The lowest BCUT2D eigenvalue weighted by Crippen LogP contribution is -2.08. The van der Waals surface area contributed by atoms with Crippen molar-refractivity contribution in [3.05, 3.63) is 40.9 Å². The maximum atomic E-state index is 9.14. The number of aliphatic hydroxyl groups excluding tert-OH is 1. The van der Waals surface area contributed by atoms with Crippen LogP contribution in [0.5, 0.6) is 0 Å². The molecule has 0 saturated carbocycles. The smallest absolute Gasteiger partial charge is 0.190 e. The first-order valence-corrected chi connectivity index (χ1v) is 5.90. The summed E-state index contributed by atoms with van der Waals surface area (Å²) in [6.45, 7) is 1.98. The minimum atomic E-state index is 0.0616. The van der Waals surface area contributed by atoms with Gasteiger partial charge in [0.2, 0.25) is 0 Å². The van der Waals surface area contributed by atoms with Gasteiger partial charge in [0, 0.05) is 12.7 Å². The van der Waals surface area contributed by atoms with E-state index in [9.17, 15) is 0 Å². The van der Waals surface area contributed by atoms with Crippen molar-refractivity contribution in [2.24, 2.45) is 0 Å². The zero-order chi connectivity index (χ0) is 11.5. The summed E-state index contributed by atoms with van der Waals surface area (Å²) in [6, 6.07) is 10.1. The first-order valence-electron chi connectivity index (χ1n) is 5.08. The van der Waals surface area contributed by atoms with Gasteiger partial charge in [-0.15, -0.1) is 0 Å². The van der Waals surface area contributed by atoms with Crippen LogP contribution in [0.15, 0.2) is 30.3 Å². The van der Waals surface area contributed by atoms with E-state index in [2.05, 4.69) is 4.98 Å². The van der Waals surface area contributed by atoms with Crippen LogP contribution >= 0.6 is 11.3 Å². The number of thiazole rings is 1. The molecule has 4 heteroatoms. The molecule has 0 fully saturated rings. The van der Waals surface area contributed by atoms with Crippen molar-refractivity contribution >= 4 is 22.2 Å². The molecule has 0 spiro atoms. The topological polar surface area (TPSA) is 36.4 Å². The van der Waals surface area contributed by atoms with Crippen molar-refractivity contribution in [2.75, 3.05) is 11.9 Å². The van der Waals surface area contributed by atoms with Crippen LogP contribution < -0.4 is 4.90 Å². The lowest BCUT2D eigenvalue weighted by Gasteiger charge is -2.15. The molecule has 0 amide bonds. The summed E-state index contributed by atoms with van der Waals surface area (Å²) in [7, 11) is 1.98. The van der Waals surface area contributed by atoms with Crippen LogP contribution in [0.3, 0.4) is 0 Å². The lowest BCUT2D eigenvalue weighted by molar-refractivity contribution is 0.284. The fourth-order valence-corrected chi connectivity index (χ4v) is 2.37. The third-order valence-corrected chi connectivity index (χ3v) is 3.67. The van der Waals surface area contributed by atoms with E-state index >= 15 is 0 Å². The number of hydrogen-bond donors (Lipinski definition) is 1. The maximum Gasteiger partial charge on any atom is 0.190 e. The van der Waals surface area contributed by atoms with Crippen molar-refractivity contribution in [2.45, 2.75) is 13.5 Å². The predicted molar refractivity (Wildman–Crippen MR) is 67.3 cm³/mol. The molecule has 84 valence electrons. The van der Waals surface area contributed by atoms with Gasteiger partial charge in [0.1, 0.15) is 0 Å². The number of hydrogen-bond acceptors (Lipinski definition) is 4. The number of aromatic nitrogens is 1. The van der Waals surface area contributed by atoms with Crippen molar-refractivity contribution in [1.29, 1.82) is 0 Å². The van der Waals surface area contributed by atoms with Crippen LogP contribution in [-0.4, -0.2) is 17.1 Å². The van der Waals surface area contributed by atoms with Gasteiger partial charge in [-0.1, -0.05) is 29.5 Å². The Balaban J connectivity index is 2.31. The molecule has 1 aromatic heterocycles. The predicted octanol–water partition coefficient (Wildman–Crippen LogP) is 2.71. The van der Waals surface area contributed by atoms with Gasteiger partial charge in [-0.3, -0.25) is 0 Å². The molecule has 0 radical (unpaired) electrons. The van der Waals surface area contributed by atoms with E-state index in [0.29, 0.717) is 0 Å². The summed E-state index contributed by atoms with van der Waals surface area (Å²) >= 11 is 1.53. The fourth-order valence-electron chi connectivity index (χ4n) is 1.46. The quantitative estimate of drug-likeness (QED) is 0.887. The lowest BCUT2D eigenvalue weighted by atomic mass is 10.3. The molecule has 2 rings (SSSR count). The van der Waals surface area contributed by atoms with Gasteiger partial charge >= 0.3 is 0 Å². The molecule has 0 atom stereocenters. The Morgan fingerprint density at radius 3 is 2.56 bits per heavy atom. The molecule has 0 aliphatic carbocycles. The van der Waals surface area contributed by atoms with Crippen LogP contribution in [0.2, 0.25) is 0 Å². The van der Waals surface area contributed by atoms with Gasteiger partial charge in [0.05, 0.1) is 17.2 Å². The van der Waals surface area contributed by atoms with E-state index in [1.165, 1.54) is 11.3 Å². The molecule has 0 aliphatic rings. The second kappa shape index (κ2) is 4.63. The molecule has 0 bridgehead atoms. The van der Waals surface area contributed by atoms with Crippen LogP contribution in [0.25, 0.3) is 0 Å². The van der Waals surface area contributed by atoms with Gasteiger partial charge in [0.15, 0.2) is 5.13 Å². The summed E-state index contributed by atoms with van der Waals surface area (Å²) in [6.07, 6.45) is 0. The molecule has 3 nitrogen and oxygen atoms in total. The number of rotatable bonds is 3. The van der Waals surface area contributed by atoms with Gasteiger partial charge < -0.3 is 10.0 Å². The number of aliphatic hydroxyl groups is 1. The number of benzene rings is 1. The van der Waals surface area contributed by atoms with Crippen LogP contribution in [0, 0.1) is 6.92 Å². The highest BCUT2D eigenvalue weighted by molar-refractivity contribution is 7.15.